The van der Waals surface area contributed by atoms with Crippen molar-refractivity contribution in [3.8, 4) is 17.2 Å². The van der Waals surface area contributed by atoms with Crippen molar-refractivity contribution in [1.29, 1.82) is 0 Å². The third-order valence-corrected chi connectivity index (χ3v) is 5.92. The summed E-state index contributed by atoms with van der Waals surface area (Å²) in [6.07, 6.45) is -0.524. The lowest BCUT2D eigenvalue weighted by atomic mass is 10.2. The van der Waals surface area contributed by atoms with Gasteiger partial charge >= 0.3 is 0 Å². The summed E-state index contributed by atoms with van der Waals surface area (Å²) < 4.78 is 43.4. The highest BCUT2D eigenvalue weighted by Crippen LogP contribution is 2.33. The van der Waals surface area contributed by atoms with E-state index in [0.29, 0.717) is 11.5 Å². The molecule has 0 saturated carbocycles. The second-order valence-corrected chi connectivity index (χ2v) is 7.89. The molecule has 1 heterocycles. The van der Waals surface area contributed by atoms with Crippen LogP contribution in [0.3, 0.4) is 0 Å². The number of para-hydroxylation sites is 2. The van der Waals surface area contributed by atoms with E-state index in [9.17, 15) is 18.5 Å². The van der Waals surface area contributed by atoms with Crippen molar-refractivity contribution in [3.63, 3.8) is 0 Å². The van der Waals surface area contributed by atoms with Crippen molar-refractivity contribution in [2.24, 2.45) is 0 Å². The minimum Gasteiger partial charge on any atom is -0.495 e. The molecule has 10 heteroatoms. The molecule has 1 aliphatic heterocycles. The van der Waals surface area contributed by atoms with Crippen LogP contribution in [0.1, 0.15) is 0 Å². The Morgan fingerprint density at radius 1 is 1.26 bits per heavy atom. The third kappa shape index (κ3) is 3.81. The van der Waals surface area contributed by atoms with Crippen molar-refractivity contribution in [1.82, 2.24) is 4.31 Å². The van der Waals surface area contributed by atoms with Crippen molar-refractivity contribution in [2.75, 3.05) is 27.3 Å². The number of hydrogen-bond acceptors (Lipinski definition) is 7. The molecule has 0 spiro atoms. The molecule has 9 nitrogen and oxygen atoms in total. The highest BCUT2D eigenvalue weighted by atomic mass is 32.2. The fourth-order valence-electron chi connectivity index (χ4n) is 2.69. The number of sulfonamides is 1. The molecular weight excluding hydrogens is 376 g/mol. The van der Waals surface area contributed by atoms with E-state index in [-0.39, 0.29) is 29.5 Å². The van der Waals surface area contributed by atoms with Crippen LogP contribution in [-0.2, 0) is 10.0 Å². The second kappa shape index (κ2) is 7.41. The minimum absolute atomic E-state index is 0.00249. The van der Waals surface area contributed by atoms with Crippen LogP contribution in [-0.4, -0.2) is 51.1 Å². The Hall–Kier alpha value is -2.85. The zero-order valence-corrected chi connectivity index (χ0v) is 15.5. The zero-order chi connectivity index (χ0) is 19.6. The van der Waals surface area contributed by atoms with Gasteiger partial charge in [0, 0.05) is 19.2 Å². The number of nitro benzene ring substituents is 1. The number of non-ortho nitro benzene ring substituents is 1. The Balaban J connectivity index is 1.83. The van der Waals surface area contributed by atoms with E-state index < -0.39 is 21.1 Å². The number of benzene rings is 2. The number of rotatable bonds is 6. The lowest BCUT2D eigenvalue weighted by Crippen LogP contribution is -2.41. The summed E-state index contributed by atoms with van der Waals surface area (Å²) in [6.45, 7) is 0.186. The Labute approximate surface area is 156 Å². The predicted octanol–water partition coefficient (Wildman–Crippen LogP) is 2.06. The quantitative estimate of drug-likeness (QED) is 0.545. The topological polar surface area (TPSA) is 108 Å². The first kappa shape index (κ1) is 18.9. The summed E-state index contributed by atoms with van der Waals surface area (Å²) >= 11 is 0. The summed E-state index contributed by atoms with van der Waals surface area (Å²) in [5.74, 6) is 1.16. The van der Waals surface area contributed by atoms with E-state index in [1.54, 1.807) is 18.2 Å². The fourth-order valence-corrected chi connectivity index (χ4v) is 4.06. The maximum atomic E-state index is 12.9. The molecule has 0 radical (unpaired) electrons. The molecule has 0 aromatic heterocycles. The summed E-state index contributed by atoms with van der Waals surface area (Å²) in [4.78, 5) is 10.1. The van der Waals surface area contributed by atoms with Gasteiger partial charge in [0.05, 0.1) is 18.6 Å². The van der Waals surface area contributed by atoms with Gasteiger partial charge < -0.3 is 14.2 Å². The molecule has 1 atom stereocenters. The van der Waals surface area contributed by atoms with Crippen LogP contribution in [0.4, 0.5) is 5.69 Å². The molecule has 2 aromatic rings. The lowest BCUT2D eigenvalue weighted by Gasteiger charge is -2.29. The molecule has 2 aromatic carbocycles. The van der Waals surface area contributed by atoms with Gasteiger partial charge in [0.25, 0.3) is 5.69 Å². The summed E-state index contributed by atoms with van der Waals surface area (Å²) in [7, 11) is -1.37. The molecule has 3 rings (SSSR count). The van der Waals surface area contributed by atoms with Crippen molar-refractivity contribution in [3.05, 3.63) is 52.6 Å². The van der Waals surface area contributed by atoms with Crippen molar-refractivity contribution >= 4 is 15.7 Å². The van der Waals surface area contributed by atoms with Gasteiger partial charge in [-0.2, -0.15) is 4.31 Å². The molecular formula is C17H18N2O7S. The van der Waals surface area contributed by atoms with Gasteiger partial charge in [-0.05, 0) is 18.2 Å². The van der Waals surface area contributed by atoms with Crippen LogP contribution in [0.5, 0.6) is 17.2 Å². The minimum atomic E-state index is -4.05. The monoisotopic (exact) mass is 394 g/mol. The molecule has 0 fully saturated rings. The first-order valence-electron chi connectivity index (χ1n) is 8.00. The first-order chi connectivity index (χ1) is 12.8. The first-order valence-corrected chi connectivity index (χ1v) is 9.44. The summed E-state index contributed by atoms with van der Waals surface area (Å²) in [6, 6.07) is 10.5. The normalized spacial score (nSPS) is 16.2. The van der Waals surface area contributed by atoms with Crippen LogP contribution in [0, 0.1) is 10.1 Å². The number of hydrogen-bond donors (Lipinski definition) is 0. The molecule has 0 saturated heterocycles. The van der Waals surface area contributed by atoms with Gasteiger partial charge in [-0.15, -0.1) is 0 Å². The standard InChI is InChI=1S/C17H18N2O7S/c1-18(10-13-11-25-14-5-3-4-6-15(14)26-13)27(22,23)17-9-12(19(20)21)7-8-16(17)24-2/h3-9,13H,10-11H2,1-2H3/t13-/m1/s1. The Kier molecular flexibility index (Phi) is 5.19. The number of likely N-dealkylation sites (N-methyl/N-ethyl adjacent to an activating group) is 1. The van der Waals surface area contributed by atoms with Gasteiger partial charge in [0.1, 0.15) is 23.4 Å². The Morgan fingerprint density at radius 2 is 1.96 bits per heavy atom. The predicted molar refractivity (Wildman–Crippen MR) is 95.8 cm³/mol. The number of fused-ring (bicyclic) bond motifs is 1. The second-order valence-electron chi connectivity index (χ2n) is 5.88. The van der Waals surface area contributed by atoms with E-state index in [0.717, 1.165) is 10.4 Å². The molecule has 0 aliphatic carbocycles. The average molecular weight is 394 g/mol. The Bertz CT molecular complexity index is 962. The maximum absolute atomic E-state index is 12.9. The maximum Gasteiger partial charge on any atom is 0.271 e. The van der Waals surface area contributed by atoms with Crippen molar-refractivity contribution < 1.29 is 27.6 Å². The third-order valence-electron chi connectivity index (χ3n) is 4.07. The van der Waals surface area contributed by atoms with Gasteiger partial charge in [-0.25, -0.2) is 8.42 Å². The number of ether oxygens (including phenoxy) is 3. The molecule has 1 aliphatic rings. The molecule has 0 unspecified atom stereocenters. The molecule has 0 amide bonds. The SMILES string of the molecule is COc1ccc([N+](=O)[O-])cc1S(=O)(=O)N(C)C[C@@H]1COc2ccccc2O1. The van der Waals surface area contributed by atoms with E-state index in [1.807, 2.05) is 6.07 Å². The molecule has 0 bridgehead atoms. The van der Waals surface area contributed by atoms with Crippen LogP contribution in [0.25, 0.3) is 0 Å². The van der Waals surface area contributed by atoms with E-state index >= 15 is 0 Å². The summed E-state index contributed by atoms with van der Waals surface area (Å²) in [5.41, 5.74) is -0.339. The van der Waals surface area contributed by atoms with Gasteiger partial charge in [0.15, 0.2) is 11.5 Å². The van der Waals surface area contributed by atoms with Crippen LogP contribution in [0.15, 0.2) is 47.4 Å². The van der Waals surface area contributed by atoms with E-state index in [4.69, 9.17) is 14.2 Å². The number of methoxy groups -OCH3 is 1. The van der Waals surface area contributed by atoms with E-state index in [2.05, 4.69) is 0 Å². The average Bonchev–Trinajstić information content (AvgIpc) is 2.67. The zero-order valence-electron chi connectivity index (χ0n) is 14.7. The van der Waals surface area contributed by atoms with Crippen molar-refractivity contribution in [2.45, 2.75) is 11.0 Å². The lowest BCUT2D eigenvalue weighted by molar-refractivity contribution is -0.385. The molecule has 27 heavy (non-hydrogen) atoms. The van der Waals surface area contributed by atoms with Gasteiger partial charge in [-0.3, -0.25) is 10.1 Å². The largest absolute Gasteiger partial charge is 0.495 e. The smallest absolute Gasteiger partial charge is 0.271 e. The van der Waals surface area contributed by atoms with Crippen LogP contribution < -0.4 is 14.2 Å². The van der Waals surface area contributed by atoms with Gasteiger partial charge in [-0.1, -0.05) is 12.1 Å². The number of nitrogens with zero attached hydrogens (tertiary/aromatic N) is 2. The van der Waals surface area contributed by atoms with Gasteiger partial charge in [0.2, 0.25) is 10.0 Å². The highest BCUT2D eigenvalue weighted by molar-refractivity contribution is 7.89. The van der Waals surface area contributed by atoms with Crippen LogP contribution in [0.2, 0.25) is 0 Å². The van der Waals surface area contributed by atoms with E-state index in [1.165, 1.54) is 26.3 Å². The number of nitro groups is 1. The molecule has 144 valence electrons. The highest BCUT2D eigenvalue weighted by Gasteiger charge is 2.31. The molecule has 0 N–H and O–H groups in total. The Morgan fingerprint density at radius 3 is 2.63 bits per heavy atom. The summed E-state index contributed by atoms with van der Waals surface area (Å²) in [5, 5.41) is 11.0. The van der Waals surface area contributed by atoms with Crippen LogP contribution >= 0.6 is 0 Å². The fraction of sp³-hybridized carbons (Fsp3) is 0.294.